The number of amides is 1. The van der Waals surface area contributed by atoms with Crippen LogP contribution in [0.3, 0.4) is 0 Å². The molecule has 2 rings (SSSR count). The average molecular weight is 266 g/mol. The summed E-state index contributed by atoms with van der Waals surface area (Å²) in [6, 6.07) is 4.56. The van der Waals surface area contributed by atoms with Gasteiger partial charge < -0.3 is 5.32 Å². The van der Waals surface area contributed by atoms with Crippen LogP contribution in [0.15, 0.2) is 29.7 Å². The molecule has 94 valence electrons. The lowest BCUT2D eigenvalue weighted by molar-refractivity contribution is -0.113. The molecule has 1 aromatic heterocycles. The average Bonchev–Trinajstić information content (AvgIpc) is 2.84. The Kier molecular flexibility index (Phi) is 3.93. The predicted octanol–water partition coefficient (Wildman–Crippen LogP) is 1.98. The number of anilines is 1. The highest BCUT2D eigenvalue weighted by Gasteiger charge is 2.08. The van der Waals surface area contributed by atoms with Gasteiger partial charge in [-0.05, 0) is 24.6 Å². The number of aryl methyl sites for hydroxylation is 1. The third-order valence-electron chi connectivity index (χ3n) is 2.13. The molecule has 0 radical (unpaired) electrons. The van der Waals surface area contributed by atoms with Crippen LogP contribution in [0.25, 0.3) is 0 Å². The molecule has 0 saturated carbocycles. The molecule has 1 amide bonds. The Morgan fingerprint density at radius 2 is 2.39 bits per heavy atom. The number of nitrogens with zero attached hydrogens (tertiary/aromatic N) is 2. The molecule has 0 aliphatic heterocycles. The largest absolute Gasteiger partial charge is 0.323 e. The first-order valence-corrected chi connectivity index (χ1v) is 6.18. The van der Waals surface area contributed by atoms with Gasteiger partial charge in [-0.15, -0.1) is 0 Å². The molecule has 0 unspecified atom stereocenters. The Hall–Kier alpha value is -1.89. The molecule has 0 spiro atoms. The zero-order valence-corrected chi connectivity index (χ0v) is 10.4. The molecular weight excluding hydrogens is 255 g/mol. The molecule has 7 heteroatoms. The van der Waals surface area contributed by atoms with Crippen LogP contribution in [0, 0.1) is 12.7 Å². The number of aromatic nitrogens is 3. The van der Waals surface area contributed by atoms with E-state index >= 15 is 0 Å². The third kappa shape index (κ3) is 3.30. The Morgan fingerprint density at radius 1 is 1.56 bits per heavy atom. The van der Waals surface area contributed by atoms with Crippen molar-refractivity contribution in [3.05, 3.63) is 35.9 Å². The number of H-pyrrole nitrogens is 1. The molecule has 2 aromatic rings. The topological polar surface area (TPSA) is 70.7 Å². The van der Waals surface area contributed by atoms with Gasteiger partial charge >= 0.3 is 0 Å². The molecule has 5 nitrogen and oxygen atoms in total. The summed E-state index contributed by atoms with van der Waals surface area (Å²) in [4.78, 5) is 15.5. The van der Waals surface area contributed by atoms with Gasteiger partial charge in [0.25, 0.3) is 0 Å². The highest BCUT2D eigenvalue weighted by atomic mass is 32.2. The lowest BCUT2D eigenvalue weighted by Gasteiger charge is -2.06. The summed E-state index contributed by atoms with van der Waals surface area (Å²) < 4.78 is 13.4. The Labute approximate surface area is 107 Å². The van der Waals surface area contributed by atoms with Crippen LogP contribution in [0.4, 0.5) is 10.1 Å². The lowest BCUT2D eigenvalue weighted by atomic mass is 10.2. The van der Waals surface area contributed by atoms with Crippen molar-refractivity contribution in [3.8, 4) is 0 Å². The fraction of sp³-hybridized carbons (Fsp3) is 0.182. The summed E-state index contributed by atoms with van der Waals surface area (Å²) >= 11 is 1.20. The first-order valence-electron chi connectivity index (χ1n) is 5.19. The molecule has 2 N–H and O–H groups in total. The van der Waals surface area contributed by atoms with Crippen molar-refractivity contribution < 1.29 is 9.18 Å². The second-order valence-corrected chi connectivity index (χ2v) is 4.57. The van der Waals surface area contributed by atoms with Gasteiger partial charge in [0.15, 0.2) is 5.16 Å². The van der Waals surface area contributed by atoms with Crippen LogP contribution in [-0.2, 0) is 4.79 Å². The second-order valence-electron chi connectivity index (χ2n) is 3.61. The van der Waals surface area contributed by atoms with Crippen molar-refractivity contribution in [1.82, 2.24) is 15.2 Å². The SMILES string of the molecule is Cc1ccc(F)c(NC(=O)CSc2ncn[nH]2)c1. The van der Waals surface area contributed by atoms with E-state index in [4.69, 9.17) is 0 Å². The summed E-state index contributed by atoms with van der Waals surface area (Å²) in [7, 11) is 0. The number of carbonyl (C=O) groups is 1. The van der Waals surface area contributed by atoms with Gasteiger partial charge in [0, 0.05) is 0 Å². The minimum Gasteiger partial charge on any atom is -0.323 e. The number of rotatable bonds is 4. The van der Waals surface area contributed by atoms with E-state index in [0.29, 0.717) is 5.16 Å². The lowest BCUT2D eigenvalue weighted by Crippen LogP contribution is -2.15. The fourth-order valence-electron chi connectivity index (χ4n) is 1.32. The molecule has 0 atom stereocenters. The van der Waals surface area contributed by atoms with Crippen LogP contribution in [0.1, 0.15) is 5.56 Å². The maximum Gasteiger partial charge on any atom is 0.234 e. The first kappa shape index (κ1) is 12.6. The van der Waals surface area contributed by atoms with E-state index in [0.717, 1.165) is 5.56 Å². The number of halogens is 1. The summed E-state index contributed by atoms with van der Waals surface area (Å²) in [5, 5.41) is 9.35. The number of carbonyl (C=O) groups excluding carboxylic acids is 1. The van der Waals surface area contributed by atoms with Crippen molar-refractivity contribution >= 4 is 23.4 Å². The van der Waals surface area contributed by atoms with Gasteiger partial charge in [0.05, 0.1) is 11.4 Å². The van der Waals surface area contributed by atoms with Crippen LogP contribution in [0.2, 0.25) is 0 Å². The zero-order valence-electron chi connectivity index (χ0n) is 9.61. The van der Waals surface area contributed by atoms with Crippen molar-refractivity contribution in [2.24, 2.45) is 0 Å². The third-order valence-corrected chi connectivity index (χ3v) is 3.01. The van der Waals surface area contributed by atoms with Gasteiger partial charge in [0.1, 0.15) is 12.1 Å². The van der Waals surface area contributed by atoms with Gasteiger partial charge in [-0.25, -0.2) is 9.37 Å². The summed E-state index contributed by atoms with van der Waals surface area (Å²) in [5.41, 5.74) is 1.08. The van der Waals surface area contributed by atoms with Crippen LogP contribution in [-0.4, -0.2) is 26.8 Å². The van der Waals surface area contributed by atoms with E-state index in [9.17, 15) is 9.18 Å². The molecule has 1 heterocycles. The second kappa shape index (κ2) is 5.63. The number of aromatic amines is 1. The maximum atomic E-state index is 13.4. The van der Waals surface area contributed by atoms with Gasteiger partial charge in [0.2, 0.25) is 5.91 Å². The quantitative estimate of drug-likeness (QED) is 0.830. The summed E-state index contributed by atoms with van der Waals surface area (Å²) in [6.07, 6.45) is 1.36. The number of hydrogen-bond acceptors (Lipinski definition) is 4. The summed E-state index contributed by atoms with van der Waals surface area (Å²) in [5.74, 6) is -0.595. The van der Waals surface area contributed by atoms with E-state index in [1.54, 1.807) is 12.1 Å². The minimum atomic E-state index is -0.446. The number of nitrogens with one attached hydrogen (secondary N) is 2. The van der Waals surface area contributed by atoms with Crippen LogP contribution in [0.5, 0.6) is 0 Å². The van der Waals surface area contributed by atoms with E-state index < -0.39 is 5.82 Å². The van der Waals surface area contributed by atoms with E-state index in [1.165, 1.54) is 24.2 Å². The van der Waals surface area contributed by atoms with Crippen LogP contribution < -0.4 is 5.32 Å². The molecule has 0 saturated heterocycles. The van der Waals surface area contributed by atoms with Crippen molar-refractivity contribution in [3.63, 3.8) is 0 Å². The van der Waals surface area contributed by atoms with Crippen molar-refractivity contribution in [2.75, 3.05) is 11.1 Å². The van der Waals surface area contributed by atoms with Gasteiger partial charge in [-0.1, -0.05) is 17.8 Å². The van der Waals surface area contributed by atoms with Crippen LogP contribution >= 0.6 is 11.8 Å². The normalized spacial score (nSPS) is 10.3. The smallest absolute Gasteiger partial charge is 0.234 e. The molecule has 18 heavy (non-hydrogen) atoms. The highest BCUT2D eigenvalue weighted by Crippen LogP contribution is 2.17. The molecule has 0 bridgehead atoms. The van der Waals surface area contributed by atoms with Crippen molar-refractivity contribution in [1.29, 1.82) is 0 Å². The predicted molar refractivity (Wildman–Crippen MR) is 66.9 cm³/mol. The Balaban J connectivity index is 1.92. The number of thioether (sulfide) groups is 1. The number of hydrogen-bond donors (Lipinski definition) is 2. The van der Waals surface area contributed by atoms with Gasteiger partial charge in [-0.3, -0.25) is 9.89 Å². The standard InChI is InChI=1S/C11H11FN4OS/c1-7-2-3-8(12)9(4-7)15-10(17)5-18-11-13-6-14-16-11/h2-4,6H,5H2,1H3,(H,15,17)(H,13,14,16). The highest BCUT2D eigenvalue weighted by molar-refractivity contribution is 7.99. The van der Waals surface area contributed by atoms with Crippen molar-refractivity contribution in [2.45, 2.75) is 12.1 Å². The van der Waals surface area contributed by atoms with E-state index in [1.807, 2.05) is 6.92 Å². The zero-order chi connectivity index (χ0) is 13.0. The Morgan fingerprint density at radius 3 is 3.11 bits per heavy atom. The fourth-order valence-corrected chi connectivity index (χ4v) is 1.90. The minimum absolute atomic E-state index is 0.141. The van der Waals surface area contributed by atoms with E-state index in [-0.39, 0.29) is 17.3 Å². The monoisotopic (exact) mass is 266 g/mol. The maximum absolute atomic E-state index is 13.4. The first-order chi connectivity index (χ1) is 8.65. The van der Waals surface area contributed by atoms with E-state index in [2.05, 4.69) is 20.5 Å². The molecular formula is C11H11FN4OS. The molecule has 0 aliphatic carbocycles. The molecule has 1 aromatic carbocycles. The Bertz CT molecular complexity index is 544. The number of benzene rings is 1. The molecule has 0 fully saturated rings. The van der Waals surface area contributed by atoms with Gasteiger partial charge in [-0.2, -0.15) is 5.10 Å². The summed E-state index contributed by atoms with van der Waals surface area (Å²) in [6.45, 7) is 1.83. The molecule has 0 aliphatic rings.